The van der Waals surface area contributed by atoms with Gasteiger partial charge in [0.15, 0.2) is 6.61 Å². The Morgan fingerprint density at radius 1 is 1.15 bits per heavy atom. The van der Waals surface area contributed by atoms with Crippen LogP contribution in [0.5, 0.6) is 5.75 Å². The van der Waals surface area contributed by atoms with E-state index in [2.05, 4.69) is 10.1 Å². The Balaban J connectivity index is 2.46. The van der Waals surface area contributed by atoms with Crippen molar-refractivity contribution in [3.8, 4) is 5.75 Å². The van der Waals surface area contributed by atoms with E-state index in [0.29, 0.717) is 17.2 Å². The van der Waals surface area contributed by atoms with Crippen molar-refractivity contribution in [2.75, 3.05) is 13.7 Å². The van der Waals surface area contributed by atoms with Crippen molar-refractivity contribution in [2.24, 2.45) is 5.92 Å². The molecule has 0 saturated heterocycles. The number of hydrogen-bond donors (Lipinski definition) is 1. The van der Waals surface area contributed by atoms with Crippen LogP contribution in [0.4, 0.5) is 0 Å². The van der Waals surface area contributed by atoms with Crippen LogP contribution < -0.4 is 10.1 Å². The van der Waals surface area contributed by atoms with Crippen LogP contribution in [0.3, 0.4) is 0 Å². The number of amides is 1. The molecule has 0 heterocycles. The molecule has 0 unspecified atom stereocenters. The molecule has 0 spiro atoms. The monoisotopic (exact) mass is 279 g/mol. The zero-order valence-corrected chi connectivity index (χ0v) is 12.3. The molecule has 0 aliphatic heterocycles. The second-order valence-electron chi connectivity index (χ2n) is 4.90. The molecule has 110 valence electrons. The fraction of sp³-hybridized carbons (Fsp3) is 0.467. The summed E-state index contributed by atoms with van der Waals surface area (Å²) >= 11 is 0. The zero-order valence-electron chi connectivity index (χ0n) is 12.3. The van der Waals surface area contributed by atoms with E-state index in [1.807, 2.05) is 20.8 Å². The SMILES string of the molecule is COC(=O)c1ccc(OCC(=O)N[C@H](C)C(C)C)cc1. The maximum absolute atomic E-state index is 11.6. The van der Waals surface area contributed by atoms with Crippen LogP contribution in [-0.4, -0.2) is 31.6 Å². The van der Waals surface area contributed by atoms with Gasteiger partial charge in [0.1, 0.15) is 5.75 Å². The molecule has 0 fully saturated rings. The van der Waals surface area contributed by atoms with Crippen molar-refractivity contribution >= 4 is 11.9 Å². The van der Waals surface area contributed by atoms with Crippen LogP contribution in [0.2, 0.25) is 0 Å². The Kier molecular flexibility index (Phi) is 6.03. The third-order valence-electron chi connectivity index (χ3n) is 3.03. The van der Waals surface area contributed by atoms with Crippen molar-refractivity contribution in [3.63, 3.8) is 0 Å². The number of hydrogen-bond acceptors (Lipinski definition) is 4. The lowest BCUT2D eigenvalue weighted by Gasteiger charge is -2.17. The Morgan fingerprint density at radius 2 is 1.75 bits per heavy atom. The topological polar surface area (TPSA) is 64.6 Å². The molecule has 1 N–H and O–H groups in total. The van der Waals surface area contributed by atoms with Gasteiger partial charge in [-0.05, 0) is 37.1 Å². The van der Waals surface area contributed by atoms with Crippen LogP contribution in [0.1, 0.15) is 31.1 Å². The van der Waals surface area contributed by atoms with E-state index in [1.54, 1.807) is 24.3 Å². The zero-order chi connectivity index (χ0) is 15.1. The first-order chi connectivity index (χ1) is 9.43. The molecule has 1 rings (SSSR count). The molecule has 0 aliphatic rings. The van der Waals surface area contributed by atoms with Crippen molar-refractivity contribution < 1.29 is 19.1 Å². The first-order valence-corrected chi connectivity index (χ1v) is 6.54. The third kappa shape index (κ3) is 4.91. The quantitative estimate of drug-likeness (QED) is 0.809. The molecule has 0 radical (unpaired) electrons. The number of benzene rings is 1. The highest BCUT2D eigenvalue weighted by atomic mass is 16.5. The smallest absolute Gasteiger partial charge is 0.337 e. The van der Waals surface area contributed by atoms with Crippen molar-refractivity contribution in [1.29, 1.82) is 0 Å². The van der Waals surface area contributed by atoms with Gasteiger partial charge in [0.25, 0.3) is 5.91 Å². The number of ether oxygens (including phenoxy) is 2. The molecule has 0 aromatic heterocycles. The summed E-state index contributed by atoms with van der Waals surface area (Å²) in [6.45, 7) is 5.98. The molecule has 5 nitrogen and oxygen atoms in total. The average Bonchev–Trinajstić information content (AvgIpc) is 2.44. The fourth-order valence-corrected chi connectivity index (χ4v) is 1.42. The summed E-state index contributed by atoms with van der Waals surface area (Å²) in [5.41, 5.74) is 0.442. The van der Waals surface area contributed by atoms with Crippen LogP contribution in [0, 0.1) is 5.92 Å². The Bertz CT molecular complexity index is 453. The summed E-state index contributed by atoms with van der Waals surface area (Å²) in [6, 6.07) is 6.55. The van der Waals surface area contributed by atoms with E-state index in [4.69, 9.17) is 4.74 Å². The van der Waals surface area contributed by atoms with Gasteiger partial charge < -0.3 is 14.8 Å². The van der Waals surface area contributed by atoms with E-state index >= 15 is 0 Å². The summed E-state index contributed by atoms with van der Waals surface area (Å²) < 4.78 is 9.95. The summed E-state index contributed by atoms with van der Waals surface area (Å²) in [7, 11) is 1.33. The summed E-state index contributed by atoms with van der Waals surface area (Å²) in [5.74, 6) is 0.339. The van der Waals surface area contributed by atoms with Gasteiger partial charge in [-0.3, -0.25) is 4.79 Å². The van der Waals surface area contributed by atoms with Gasteiger partial charge in [-0.15, -0.1) is 0 Å². The van der Waals surface area contributed by atoms with E-state index in [9.17, 15) is 9.59 Å². The van der Waals surface area contributed by atoms with Crippen LogP contribution in [0.25, 0.3) is 0 Å². The second-order valence-corrected chi connectivity index (χ2v) is 4.90. The lowest BCUT2D eigenvalue weighted by molar-refractivity contribution is -0.124. The Hall–Kier alpha value is -2.04. The standard InChI is InChI=1S/C15H21NO4/c1-10(2)11(3)16-14(17)9-20-13-7-5-12(6-8-13)15(18)19-4/h5-8,10-11H,9H2,1-4H3,(H,16,17)/t11-/m1/s1. The maximum Gasteiger partial charge on any atom is 0.337 e. The first kappa shape index (κ1) is 16.0. The van der Waals surface area contributed by atoms with Crippen LogP contribution in [-0.2, 0) is 9.53 Å². The van der Waals surface area contributed by atoms with Gasteiger partial charge in [-0.1, -0.05) is 13.8 Å². The van der Waals surface area contributed by atoms with E-state index < -0.39 is 5.97 Å². The Morgan fingerprint density at radius 3 is 2.25 bits per heavy atom. The minimum absolute atomic E-state index is 0.0470. The van der Waals surface area contributed by atoms with Crippen molar-refractivity contribution in [3.05, 3.63) is 29.8 Å². The molecule has 0 aliphatic carbocycles. The third-order valence-corrected chi connectivity index (χ3v) is 3.03. The largest absolute Gasteiger partial charge is 0.484 e. The maximum atomic E-state index is 11.6. The fourth-order valence-electron chi connectivity index (χ4n) is 1.42. The number of rotatable bonds is 6. The predicted octanol–water partition coefficient (Wildman–Crippen LogP) is 2.01. The molecule has 5 heteroatoms. The lowest BCUT2D eigenvalue weighted by Crippen LogP contribution is -2.38. The highest BCUT2D eigenvalue weighted by molar-refractivity contribution is 5.89. The number of carbonyl (C=O) groups is 2. The van der Waals surface area contributed by atoms with Gasteiger partial charge in [-0.25, -0.2) is 4.79 Å². The second kappa shape index (κ2) is 7.53. The molecule has 1 aromatic rings. The molecular weight excluding hydrogens is 258 g/mol. The molecule has 0 bridgehead atoms. The number of esters is 1. The van der Waals surface area contributed by atoms with Gasteiger partial charge in [0, 0.05) is 6.04 Å². The molecular formula is C15H21NO4. The average molecular weight is 279 g/mol. The minimum Gasteiger partial charge on any atom is -0.484 e. The highest BCUT2D eigenvalue weighted by Gasteiger charge is 2.11. The van der Waals surface area contributed by atoms with Crippen LogP contribution >= 0.6 is 0 Å². The van der Waals surface area contributed by atoms with Gasteiger partial charge >= 0.3 is 5.97 Å². The molecule has 20 heavy (non-hydrogen) atoms. The first-order valence-electron chi connectivity index (χ1n) is 6.54. The molecule has 1 aromatic carbocycles. The predicted molar refractivity (Wildman–Crippen MR) is 75.7 cm³/mol. The van der Waals surface area contributed by atoms with Gasteiger partial charge in [0.2, 0.25) is 0 Å². The summed E-state index contributed by atoms with van der Waals surface area (Å²) in [5, 5.41) is 2.85. The number of carbonyl (C=O) groups excluding carboxylic acids is 2. The van der Waals surface area contributed by atoms with E-state index in [1.165, 1.54) is 7.11 Å². The van der Waals surface area contributed by atoms with Gasteiger partial charge in [-0.2, -0.15) is 0 Å². The Labute approximate surface area is 119 Å². The van der Waals surface area contributed by atoms with Crippen molar-refractivity contribution in [2.45, 2.75) is 26.8 Å². The van der Waals surface area contributed by atoms with Gasteiger partial charge in [0.05, 0.1) is 12.7 Å². The summed E-state index contributed by atoms with van der Waals surface area (Å²) in [4.78, 5) is 22.9. The lowest BCUT2D eigenvalue weighted by atomic mass is 10.1. The molecule has 0 saturated carbocycles. The van der Waals surface area contributed by atoms with E-state index in [0.717, 1.165) is 0 Å². The number of methoxy groups -OCH3 is 1. The van der Waals surface area contributed by atoms with Crippen molar-refractivity contribution in [1.82, 2.24) is 5.32 Å². The molecule has 1 amide bonds. The molecule has 1 atom stereocenters. The highest BCUT2D eigenvalue weighted by Crippen LogP contribution is 2.12. The normalized spacial score (nSPS) is 11.8. The van der Waals surface area contributed by atoms with Crippen LogP contribution in [0.15, 0.2) is 24.3 Å². The summed E-state index contributed by atoms with van der Waals surface area (Å²) in [6.07, 6.45) is 0. The van der Waals surface area contributed by atoms with E-state index in [-0.39, 0.29) is 18.6 Å². The number of nitrogens with one attached hydrogen (secondary N) is 1. The minimum atomic E-state index is -0.403.